The molecule has 0 fully saturated rings. The van der Waals surface area contributed by atoms with Crippen molar-refractivity contribution in [3.05, 3.63) is 35.9 Å². The fraction of sp³-hybridized carbons (Fsp3) is 0.500. The minimum atomic E-state index is -0.834. The van der Waals surface area contributed by atoms with Crippen LogP contribution < -0.4 is 39.0 Å². The molecule has 0 unspecified atom stereocenters. The van der Waals surface area contributed by atoms with Gasteiger partial charge in [0.2, 0.25) is 11.8 Å². The quantitative estimate of drug-likeness (QED) is 0.0796. The van der Waals surface area contributed by atoms with Crippen LogP contribution >= 0.6 is 0 Å². The molecule has 11 N–H and O–H groups in total. The third-order valence-electron chi connectivity index (χ3n) is 4.70. The highest BCUT2D eigenvalue weighted by molar-refractivity contribution is 5.91. The first-order valence-corrected chi connectivity index (χ1v) is 11.1. The van der Waals surface area contributed by atoms with Crippen LogP contribution in [0.25, 0.3) is 0 Å². The summed E-state index contributed by atoms with van der Waals surface area (Å²) < 4.78 is 0. The highest BCUT2D eigenvalue weighted by Crippen LogP contribution is 2.08. The van der Waals surface area contributed by atoms with Crippen molar-refractivity contribution < 1.29 is 14.4 Å². The van der Waals surface area contributed by atoms with Gasteiger partial charge in [-0.15, -0.1) is 0 Å². The van der Waals surface area contributed by atoms with Crippen molar-refractivity contribution >= 4 is 30.0 Å². The van der Waals surface area contributed by atoms with Crippen molar-refractivity contribution in [2.45, 2.75) is 57.7 Å². The van der Waals surface area contributed by atoms with Gasteiger partial charge in [-0.05, 0) is 37.2 Å². The minimum absolute atomic E-state index is 0.0313. The summed E-state index contributed by atoms with van der Waals surface area (Å²) in [5.74, 6) is -0.715. The van der Waals surface area contributed by atoms with Gasteiger partial charge in [0.15, 0.2) is 5.96 Å². The normalized spacial score (nSPS) is 13.6. The molecule has 0 saturated heterocycles. The number of nitrogens with zero attached hydrogens (tertiary/aromatic N) is 2. The van der Waals surface area contributed by atoms with Gasteiger partial charge in [0.1, 0.15) is 6.04 Å². The molecule has 0 aliphatic carbocycles. The fourth-order valence-electron chi connectivity index (χ4n) is 3.12. The number of guanidine groups is 1. The van der Waals surface area contributed by atoms with Gasteiger partial charge in [0.05, 0.1) is 12.1 Å². The van der Waals surface area contributed by atoms with E-state index in [1.165, 1.54) is 6.21 Å². The van der Waals surface area contributed by atoms with E-state index in [0.717, 1.165) is 5.56 Å². The summed E-state index contributed by atoms with van der Waals surface area (Å²) >= 11 is 0. The zero-order chi connectivity index (χ0) is 25.5. The molecule has 34 heavy (non-hydrogen) atoms. The largest absolute Gasteiger partial charge is 0.370 e. The second kappa shape index (κ2) is 15.2. The standard InChI is InChI=1S/C22H37N9O3/c1-14(2)11-18(30-19(32)17(23)12-15-7-4-3-5-8-15)20(33)29-16(13-28-31-22(26)34)9-6-10-27-21(24)25/h3-5,7-8,13-14,16-18H,6,9-12,23H2,1-2H3,(H,29,33)(H,30,32)(H4,24,25,27)(H3,26,31,34)/b28-13+/t16-,17-,18-/m0/s1. The van der Waals surface area contributed by atoms with E-state index in [9.17, 15) is 14.4 Å². The molecule has 1 aromatic rings. The van der Waals surface area contributed by atoms with Crippen molar-refractivity contribution in [1.29, 1.82) is 0 Å². The van der Waals surface area contributed by atoms with Crippen molar-refractivity contribution in [2.75, 3.05) is 6.54 Å². The molecule has 0 aromatic heterocycles. The van der Waals surface area contributed by atoms with E-state index in [1.54, 1.807) is 0 Å². The van der Waals surface area contributed by atoms with Gasteiger partial charge in [-0.1, -0.05) is 44.2 Å². The SMILES string of the molecule is CC(C)C[C@H](NC(=O)[C@@H](N)Cc1ccccc1)C(=O)N[C@H](/C=N/NC(N)=O)CCCN=C(N)N. The zero-order valence-electron chi connectivity index (χ0n) is 19.7. The Labute approximate surface area is 200 Å². The number of hydrogen-bond acceptors (Lipinski definition) is 6. The van der Waals surface area contributed by atoms with Crippen molar-refractivity contribution in [2.24, 2.45) is 38.9 Å². The number of aliphatic imine (C=N–C) groups is 1. The molecule has 0 heterocycles. The van der Waals surface area contributed by atoms with Crippen molar-refractivity contribution in [3.8, 4) is 0 Å². The topological polar surface area (TPSA) is 216 Å². The molecule has 12 nitrogen and oxygen atoms in total. The second-order valence-corrected chi connectivity index (χ2v) is 8.31. The number of carbonyl (C=O) groups is 3. The van der Waals surface area contributed by atoms with Crippen LogP contribution in [0.4, 0.5) is 4.79 Å². The smallest absolute Gasteiger partial charge is 0.332 e. The Bertz CT molecular complexity index is 839. The van der Waals surface area contributed by atoms with Crippen molar-refractivity contribution in [3.63, 3.8) is 0 Å². The lowest BCUT2D eigenvalue weighted by Gasteiger charge is -2.24. The van der Waals surface area contributed by atoms with E-state index in [1.807, 2.05) is 44.2 Å². The number of hydrazone groups is 1. The van der Waals surface area contributed by atoms with Gasteiger partial charge in [-0.3, -0.25) is 14.6 Å². The Kier molecular flexibility index (Phi) is 12.7. The average molecular weight is 476 g/mol. The summed E-state index contributed by atoms with van der Waals surface area (Å²) in [5, 5.41) is 9.33. The van der Waals surface area contributed by atoms with E-state index >= 15 is 0 Å². The molecule has 0 aliphatic heterocycles. The fourth-order valence-corrected chi connectivity index (χ4v) is 3.12. The Morgan fingerprint density at radius 1 is 1.03 bits per heavy atom. The van der Waals surface area contributed by atoms with E-state index in [2.05, 4.69) is 26.2 Å². The summed E-state index contributed by atoms with van der Waals surface area (Å²) in [7, 11) is 0. The Hall–Kier alpha value is -3.67. The molecule has 0 radical (unpaired) electrons. The lowest BCUT2D eigenvalue weighted by Crippen LogP contribution is -2.54. The zero-order valence-corrected chi connectivity index (χ0v) is 19.7. The van der Waals surface area contributed by atoms with E-state index in [-0.39, 0.29) is 11.9 Å². The lowest BCUT2D eigenvalue weighted by atomic mass is 10.0. The van der Waals surface area contributed by atoms with E-state index in [4.69, 9.17) is 22.9 Å². The number of rotatable bonds is 14. The second-order valence-electron chi connectivity index (χ2n) is 8.31. The first-order chi connectivity index (χ1) is 16.1. The number of benzene rings is 1. The van der Waals surface area contributed by atoms with E-state index in [0.29, 0.717) is 32.2 Å². The molecule has 0 bridgehead atoms. The van der Waals surface area contributed by atoms with Crippen LogP contribution in [0.1, 0.15) is 38.7 Å². The molecule has 0 saturated carbocycles. The number of carbonyl (C=O) groups excluding carboxylic acids is 3. The number of primary amides is 1. The molecule has 4 amide bonds. The van der Waals surface area contributed by atoms with Gasteiger partial charge in [-0.2, -0.15) is 5.10 Å². The number of nitrogens with two attached hydrogens (primary N) is 4. The summed E-state index contributed by atoms with van der Waals surface area (Å²) in [6, 6.07) is 6.41. The molecule has 188 valence electrons. The lowest BCUT2D eigenvalue weighted by molar-refractivity contribution is -0.130. The Morgan fingerprint density at radius 3 is 2.29 bits per heavy atom. The van der Waals surface area contributed by atoms with Crippen LogP contribution in [-0.4, -0.2) is 54.7 Å². The summed E-state index contributed by atoms with van der Waals surface area (Å²) in [5.41, 5.74) is 24.8. The third kappa shape index (κ3) is 12.4. The molecule has 0 spiro atoms. The maximum Gasteiger partial charge on any atom is 0.332 e. The highest BCUT2D eigenvalue weighted by atomic mass is 16.2. The van der Waals surface area contributed by atoms with Crippen molar-refractivity contribution in [1.82, 2.24) is 16.1 Å². The number of nitrogens with one attached hydrogen (secondary N) is 3. The van der Waals surface area contributed by atoms with Crippen LogP contribution in [0.3, 0.4) is 0 Å². The number of hydrogen-bond donors (Lipinski definition) is 7. The van der Waals surface area contributed by atoms with Crippen LogP contribution in [0.5, 0.6) is 0 Å². The molecular formula is C22H37N9O3. The van der Waals surface area contributed by atoms with Gasteiger partial charge in [0.25, 0.3) is 0 Å². The predicted molar refractivity (Wildman–Crippen MR) is 133 cm³/mol. The summed E-state index contributed by atoms with van der Waals surface area (Å²) in [6.45, 7) is 4.24. The first kappa shape index (κ1) is 28.4. The van der Waals surface area contributed by atoms with Crippen LogP contribution in [0.15, 0.2) is 40.4 Å². The Morgan fingerprint density at radius 2 is 1.71 bits per heavy atom. The third-order valence-corrected chi connectivity index (χ3v) is 4.70. The maximum absolute atomic E-state index is 13.0. The van der Waals surface area contributed by atoms with Gasteiger partial charge >= 0.3 is 6.03 Å². The first-order valence-electron chi connectivity index (χ1n) is 11.1. The number of urea groups is 1. The molecule has 3 atom stereocenters. The summed E-state index contributed by atoms with van der Waals surface area (Å²) in [6.07, 6.45) is 3.08. The molecule has 1 rings (SSSR count). The summed E-state index contributed by atoms with van der Waals surface area (Å²) in [4.78, 5) is 40.5. The van der Waals surface area contributed by atoms with Crippen LogP contribution in [-0.2, 0) is 16.0 Å². The number of amides is 4. The van der Waals surface area contributed by atoms with Gasteiger partial charge in [-0.25, -0.2) is 10.2 Å². The highest BCUT2D eigenvalue weighted by Gasteiger charge is 2.26. The average Bonchev–Trinajstić information content (AvgIpc) is 2.75. The van der Waals surface area contributed by atoms with Gasteiger partial charge in [0, 0.05) is 12.8 Å². The van der Waals surface area contributed by atoms with Crippen LogP contribution in [0, 0.1) is 5.92 Å². The maximum atomic E-state index is 13.0. The molecule has 0 aliphatic rings. The van der Waals surface area contributed by atoms with E-state index < -0.39 is 36.0 Å². The predicted octanol–water partition coefficient (Wildman–Crippen LogP) is -0.720. The molecule has 12 heteroatoms. The minimum Gasteiger partial charge on any atom is -0.370 e. The van der Waals surface area contributed by atoms with Crippen LogP contribution in [0.2, 0.25) is 0 Å². The molecule has 1 aromatic carbocycles. The van der Waals surface area contributed by atoms with Gasteiger partial charge < -0.3 is 33.6 Å². The molecular weight excluding hydrogens is 438 g/mol. The monoisotopic (exact) mass is 475 g/mol. The Balaban J connectivity index is 2.83.